The maximum absolute atomic E-state index is 10.8. The van der Waals surface area contributed by atoms with Crippen molar-refractivity contribution in [2.24, 2.45) is 0 Å². The van der Waals surface area contributed by atoms with Crippen molar-refractivity contribution in [1.82, 2.24) is 9.97 Å². The second-order valence-corrected chi connectivity index (χ2v) is 3.12. The van der Waals surface area contributed by atoms with Crippen LogP contribution >= 0.6 is 0 Å². The van der Waals surface area contributed by atoms with Crippen molar-refractivity contribution in [3.8, 4) is 6.01 Å². The van der Waals surface area contributed by atoms with Gasteiger partial charge >= 0.3 is 12.0 Å². The summed E-state index contributed by atoms with van der Waals surface area (Å²) in [5, 5.41) is 8.89. The molecule has 0 bridgehead atoms. The third-order valence-electron chi connectivity index (χ3n) is 1.80. The summed E-state index contributed by atoms with van der Waals surface area (Å²) >= 11 is 0. The summed E-state index contributed by atoms with van der Waals surface area (Å²) in [6, 6.07) is 0.0757. The lowest BCUT2D eigenvalue weighted by Gasteiger charge is -2.08. The minimum absolute atomic E-state index is 0.00634. The van der Waals surface area contributed by atoms with Crippen LogP contribution in [-0.2, 0) is 0 Å². The van der Waals surface area contributed by atoms with Gasteiger partial charge in [0.2, 0.25) is 0 Å². The second kappa shape index (κ2) is 4.04. The molecule has 0 aliphatic rings. The predicted molar refractivity (Wildman–Crippen MR) is 49.6 cm³/mol. The van der Waals surface area contributed by atoms with E-state index in [2.05, 4.69) is 9.97 Å². The van der Waals surface area contributed by atoms with E-state index >= 15 is 0 Å². The highest BCUT2D eigenvalue weighted by Crippen LogP contribution is 2.18. The maximum Gasteiger partial charge on any atom is 0.355 e. The van der Waals surface area contributed by atoms with E-state index in [0.717, 1.165) is 0 Å². The van der Waals surface area contributed by atoms with Crippen LogP contribution in [0.15, 0.2) is 6.20 Å². The Labute approximate surface area is 81.8 Å². The third kappa shape index (κ3) is 1.99. The molecule has 0 fully saturated rings. The Balaban J connectivity index is 3.24. The Morgan fingerprint density at radius 3 is 2.64 bits per heavy atom. The van der Waals surface area contributed by atoms with Crippen LogP contribution in [0, 0.1) is 0 Å². The number of rotatable bonds is 3. The topological polar surface area (TPSA) is 72.3 Å². The Kier molecular flexibility index (Phi) is 3.01. The molecule has 1 heterocycles. The first-order chi connectivity index (χ1) is 6.56. The van der Waals surface area contributed by atoms with Crippen molar-refractivity contribution in [2.45, 2.75) is 19.8 Å². The van der Waals surface area contributed by atoms with E-state index in [4.69, 9.17) is 9.84 Å². The van der Waals surface area contributed by atoms with Gasteiger partial charge in [0.15, 0.2) is 5.69 Å². The first-order valence-electron chi connectivity index (χ1n) is 4.20. The molecule has 0 amide bonds. The van der Waals surface area contributed by atoms with Crippen molar-refractivity contribution in [3.63, 3.8) is 0 Å². The Hall–Kier alpha value is -1.65. The lowest BCUT2D eigenvalue weighted by Crippen LogP contribution is -2.09. The quantitative estimate of drug-likeness (QED) is 0.788. The minimum Gasteiger partial charge on any atom is -0.476 e. The lowest BCUT2D eigenvalue weighted by molar-refractivity contribution is 0.0687. The first-order valence-corrected chi connectivity index (χ1v) is 4.20. The SMILES string of the molecule is COc1ncc(C(C)C)c(C(=O)O)n1. The lowest BCUT2D eigenvalue weighted by atomic mass is 10.0. The second-order valence-electron chi connectivity index (χ2n) is 3.12. The molecule has 1 rings (SSSR count). The molecule has 0 spiro atoms. The van der Waals surface area contributed by atoms with Gasteiger partial charge in [0.05, 0.1) is 7.11 Å². The van der Waals surface area contributed by atoms with Crippen LogP contribution in [0.25, 0.3) is 0 Å². The summed E-state index contributed by atoms with van der Waals surface area (Å²) < 4.78 is 4.75. The number of hydrogen-bond acceptors (Lipinski definition) is 4. The highest BCUT2D eigenvalue weighted by atomic mass is 16.5. The molecule has 0 saturated heterocycles. The molecular formula is C9H12N2O3. The number of carbonyl (C=O) groups is 1. The molecule has 14 heavy (non-hydrogen) atoms. The largest absolute Gasteiger partial charge is 0.476 e. The van der Waals surface area contributed by atoms with E-state index in [1.165, 1.54) is 13.3 Å². The van der Waals surface area contributed by atoms with Gasteiger partial charge in [0.1, 0.15) is 0 Å². The van der Waals surface area contributed by atoms with Crippen LogP contribution in [0.3, 0.4) is 0 Å². The van der Waals surface area contributed by atoms with Crippen LogP contribution in [0.2, 0.25) is 0 Å². The number of hydrogen-bond donors (Lipinski definition) is 1. The van der Waals surface area contributed by atoms with E-state index in [0.29, 0.717) is 5.56 Å². The molecule has 0 saturated carbocycles. The summed E-state index contributed by atoms with van der Waals surface area (Å²) in [5.41, 5.74) is 0.616. The van der Waals surface area contributed by atoms with Gasteiger partial charge in [-0.2, -0.15) is 4.98 Å². The number of nitrogens with zero attached hydrogens (tertiary/aromatic N) is 2. The van der Waals surface area contributed by atoms with Gasteiger partial charge in [0, 0.05) is 11.8 Å². The summed E-state index contributed by atoms with van der Waals surface area (Å²) in [7, 11) is 1.40. The highest BCUT2D eigenvalue weighted by molar-refractivity contribution is 5.87. The van der Waals surface area contributed by atoms with E-state index in [1.807, 2.05) is 13.8 Å². The zero-order chi connectivity index (χ0) is 10.7. The molecule has 1 aromatic heterocycles. The van der Waals surface area contributed by atoms with E-state index in [9.17, 15) is 4.79 Å². The van der Waals surface area contributed by atoms with Crippen LogP contribution in [0.1, 0.15) is 35.8 Å². The van der Waals surface area contributed by atoms with Gasteiger partial charge in [-0.1, -0.05) is 13.8 Å². The van der Waals surface area contributed by atoms with Crippen molar-refractivity contribution in [3.05, 3.63) is 17.5 Å². The van der Waals surface area contributed by atoms with Gasteiger partial charge < -0.3 is 9.84 Å². The molecule has 5 nitrogen and oxygen atoms in total. The predicted octanol–water partition coefficient (Wildman–Crippen LogP) is 1.31. The van der Waals surface area contributed by atoms with Crippen molar-refractivity contribution >= 4 is 5.97 Å². The summed E-state index contributed by atoms with van der Waals surface area (Å²) in [5.74, 6) is -0.985. The molecule has 76 valence electrons. The van der Waals surface area contributed by atoms with Gasteiger partial charge in [-0.25, -0.2) is 9.78 Å². The third-order valence-corrected chi connectivity index (χ3v) is 1.80. The summed E-state index contributed by atoms with van der Waals surface area (Å²) in [6.45, 7) is 3.77. The normalized spacial score (nSPS) is 10.3. The first kappa shape index (κ1) is 10.4. The standard InChI is InChI=1S/C9H12N2O3/c1-5(2)6-4-10-9(14-3)11-7(6)8(12)13/h4-5H,1-3H3,(H,12,13). The molecule has 5 heteroatoms. The average Bonchev–Trinajstić information content (AvgIpc) is 2.16. The molecule has 1 aromatic rings. The van der Waals surface area contributed by atoms with Crippen LogP contribution in [0.4, 0.5) is 0 Å². The van der Waals surface area contributed by atoms with E-state index < -0.39 is 5.97 Å². The van der Waals surface area contributed by atoms with Crippen LogP contribution in [-0.4, -0.2) is 28.2 Å². The van der Waals surface area contributed by atoms with Gasteiger partial charge in [0.25, 0.3) is 0 Å². The average molecular weight is 196 g/mol. The summed E-state index contributed by atoms with van der Waals surface area (Å²) in [6.07, 6.45) is 1.49. The molecule has 0 aliphatic heterocycles. The molecule has 0 atom stereocenters. The van der Waals surface area contributed by atoms with E-state index in [-0.39, 0.29) is 17.6 Å². The Bertz CT molecular complexity index is 350. The number of aromatic nitrogens is 2. The molecule has 0 aromatic carbocycles. The maximum atomic E-state index is 10.8. The summed E-state index contributed by atoms with van der Waals surface area (Å²) in [4.78, 5) is 18.5. The Morgan fingerprint density at radius 2 is 2.21 bits per heavy atom. The van der Waals surface area contributed by atoms with Gasteiger partial charge in [-0.05, 0) is 5.92 Å². The van der Waals surface area contributed by atoms with Crippen LogP contribution in [0.5, 0.6) is 6.01 Å². The van der Waals surface area contributed by atoms with Crippen molar-refractivity contribution in [2.75, 3.05) is 7.11 Å². The number of ether oxygens (including phenoxy) is 1. The fourth-order valence-electron chi connectivity index (χ4n) is 1.07. The molecular weight excluding hydrogens is 184 g/mol. The molecule has 0 radical (unpaired) electrons. The van der Waals surface area contributed by atoms with Gasteiger partial charge in [-0.15, -0.1) is 0 Å². The van der Waals surface area contributed by atoms with Crippen LogP contribution < -0.4 is 4.74 Å². The van der Waals surface area contributed by atoms with E-state index in [1.54, 1.807) is 0 Å². The molecule has 1 N–H and O–H groups in total. The Morgan fingerprint density at radius 1 is 1.57 bits per heavy atom. The van der Waals surface area contributed by atoms with Gasteiger partial charge in [-0.3, -0.25) is 0 Å². The highest BCUT2D eigenvalue weighted by Gasteiger charge is 2.16. The number of methoxy groups -OCH3 is 1. The van der Waals surface area contributed by atoms with Crippen molar-refractivity contribution in [1.29, 1.82) is 0 Å². The minimum atomic E-state index is -1.06. The number of carboxylic acid groups (broad SMARTS) is 1. The monoisotopic (exact) mass is 196 g/mol. The number of aromatic carboxylic acids is 1. The molecule has 0 unspecified atom stereocenters. The zero-order valence-corrected chi connectivity index (χ0v) is 8.31. The fourth-order valence-corrected chi connectivity index (χ4v) is 1.07. The number of carboxylic acids is 1. The zero-order valence-electron chi connectivity index (χ0n) is 8.31. The molecule has 0 aliphatic carbocycles. The fraction of sp³-hybridized carbons (Fsp3) is 0.444. The smallest absolute Gasteiger partial charge is 0.355 e. The van der Waals surface area contributed by atoms with Crippen molar-refractivity contribution < 1.29 is 14.6 Å².